The van der Waals surface area contributed by atoms with Crippen molar-refractivity contribution in [1.29, 1.82) is 0 Å². The molecule has 0 atom stereocenters. The van der Waals surface area contributed by atoms with Crippen molar-refractivity contribution in [3.05, 3.63) is 82.5 Å². The van der Waals surface area contributed by atoms with Crippen LogP contribution in [0.15, 0.2) is 65.7 Å². The molecule has 4 heterocycles. The number of hydrogen-bond donors (Lipinski definition) is 0. The highest BCUT2D eigenvalue weighted by Crippen LogP contribution is 2.27. The Morgan fingerprint density at radius 1 is 1.04 bits per heavy atom. The minimum absolute atomic E-state index is 0.0680. The number of rotatable bonds is 2. The number of amides is 1. The maximum atomic E-state index is 13.0. The molecule has 3 aromatic heterocycles. The molecule has 0 saturated heterocycles. The van der Waals surface area contributed by atoms with Crippen molar-refractivity contribution in [1.82, 2.24) is 24.5 Å². The number of carbonyl (C=O) groups is 1. The van der Waals surface area contributed by atoms with Gasteiger partial charge in [-0.05, 0) is 62.8 Å². The lowest BCUT2D eigenvalue weighted by atomic mass is 9.95. The number of benzene rings is 1. The lowest BCUT2D eigenvalue weighted by Crippen LogP contribution is -2.36. The monoisotopic (exact) mass is 433 g/mol. The zero-order chi connectivity index (χ0) is 19.1. The van der Waals surface area contributed by atoms with Gasteiger partial charge in [-0.3, -0.25) is 9.78 Å². The fourth-order valence-corrected chi connectivity index (χ4v) is 3.87. The van der Waals surface area contributed by atoms with Crippen molar-refractivity contribution in [2.24, 2.45) is 0 Å². The van der Waals surface area contributed by atoms with E-state index in [0.29, 0.717) is 24.4 Å². The number of pyridine rings is 1. The Hall–Kier alpha value is -3.06. The van der Waals surface area contributed by atoms with E-state index in [1.807, 2.05) is 17.0 Å². The Kier molecular flexibility index (Phi) is 4.16. The summed E-state index contributed by atoms with van der Waals surface area (Å²) in [6.07, 6.45) is 7.92. The number of hydrogen-bond acceptors (Lipinski definition) is 4. The molecule has 138 valence electrons. The van der Waals surface area contributed by atoms with Gasteiger partial charge in [0.05, 0.1) is 4.47 Å². The predicted molar refractivity (Wildman–Crippen MR) is 109 cm³/mol. The third-order valence-corrected chi connectivity index (χ3v) is 5.43. The van der Waals surface area contributed by atoms with E-state index in [0.717, 1.165) is 22.0 Å². The highest BCUT2D eigenvalue weighted by atomic mass is 79.9. The van der Waals surface area contributed by atoms with Gasteiger partial charge in [-0.2, -0.15) is 5.10 Å². The molecule has 6 nitrogen and oxygen atoms in total. The minimum Gasteiger partial charge on any atom is -0.333 e. The first-order valence-corrected chi connectivity index (χ1v) is 9.79. The summed E-state index contributed by atoms with van der Waals surface area (Å²) in [5.74, 6) is -0.0680. The van der Waals surface area contributed by atoms with E-state index in [9.17, 15) is 4.79 Å². The summed E-state index contributed by atoms with van der Waals surface area (Å²) in [7, 11) is 0. The van der Waals surface area contributed by atoms with Gasteiger partial charge in [-0.25, -0.2) is 9.50 Å². The van der Waals surface area contributed by atoms with Gasteiger partial charge in [0.15, 0.2) is 11.3 Å². The van der Waals surface area contributed by atoms with Crippen LogP contribution in [-0.4, -0.2) is 36.9 Å². The molecule has 0 saturated carbocycles. The molecule has 1 aliphatic heterocycles. The van der Waals surface area contributed by atoms with Crippen molar-refractivity contribution in [2.75, 3.05) is 6.54 Å². The smallest absolute Gasteiger partial charge is 0.274 e. The second-order valence-electron chi connectivity index (χ2n) is 6.80. The van der Waals surface area contributed by atoms with Crippen LogP contribution in [0, 0.1) is 0 Å². The van der Waals surface area contributed by atoms with Gasteiger partial charge < -0.3 is 4.90 Å². The van der Waals surface area contributed by atoms with Crippen molar-refractivity contribution < 1.29 is 4.79 Å². The van der Waals surface area contributed by atoms with Crippen LogP contribution in [0.3, 0.4) is 0 Å². The number of fused-ring (bicyclic) bond motifs is 2. The van der Waals surface area contributed by atoms with Gasteiger partial charge in [-0.15, -0.1) is 0 Å². The molecular weight excluding hydrogens is 418 g/mol. The van der Waals surface area contributed by atoms with E-state index in [2.05, 4.69) is 49.2 Å². The summed E-state index contributed by atoms with van der Waals surface area (Å²) in [6.45, 7) is 1.27. The highest BCUT2D eigenvalue weighted by molar-refractivity contribution is 9.10. The zero-order valence-corrected chi connectivity index (χ0v) is 16.5. The normalized spacial score (nSPS) is 13.5. The van der Waals surface area contributed by atoms with Crippen molar-refractivity contribution in [3.63, 3.8) is 0 Å². The molecule has 7 heteroatoms. The van der Waals surface area contributed by atoms with Crippen LogP contribution in [0.1, 0.15) is 21.6 Å². The molecule has 0 aliphatic carbocycles. The van der Waals surface area contributed by atoms with Crippen molar-refractivity contribution in [3.8, 4) is 11.1 Å². The van der Waals surface area contributed by atoms with Gasteiger partial charge >= 0.3 is 0 Å². The van der Waals surface area contributed by atoms with Gasteiger partial charge in [-0.1, -0.05) is 12.1 Å². The SMILES string of the molecule is O=C(c1cc2ncc(Br)cn2n1)N1CCc2ccc(-c3ccncc3)cc2C1. The maximum Gasteiger partial charge on any atom is 0.274 e. The average Bonchev–Trinajstić information content (AvgIpc) is 3.16. The van der Waals surface area contributed by atoms with Gasteiger partial charge in [0.1, 0.15) is 0 Å². The van der Waals surface area contributed by atoms with E-state index in [1.165, 1.54) is 11.1 Å². The second-order valence-corrected chi connectivity index (χ2v) is 7.72. The fourth-order valence-electron chi connectivity index (χ4n) is 3.57. The van der Waals surface area contributed by atoms with E-state index in [-0.39, 0.29) is 5.91 Å². The number of halogens is 1. The van der Waals surface area contributed by atoms with Crippen LogP contribution in [0.4, 0.5) is 0 Å². The van der Waals surface area contributed by atoms with Gasteiger partial charge in [0.25, 0.3) is 5.91 Å². The molecule has 1 amide bonds. The molecule has 0 unspecified atom stereocenters. The van der Waals surface area contributed by atoms with Crippen LogP contribution in [0.2, 0.25) is 0 Å². The third-order valence-electron chi connectivity index (χ3n) is 5.02. The standard InChI is InChI=1S/C21H16BrN5O/c22-18-11-24-20-10-19(25-27(20)13-18)21(28)26-8-5-14-1-2-16(9-17(14)12-26)15-3-6-23-7-4-15/h1-4,6-7,9-11,13H,5,8,12H2. The summed E-state index contributed by atoms with van der Waals surface area (Å²) < 4.78 is 2.44. The Labute approximate surface area is 170 Å². The highest BCUT2D eigenvalue weighted by Gasteiger charge is 2.24. The first-order valence-electron chi connectivity index (χ1n) is 9.00. The van der Waals surface area contributed by atoms with E-state index < -0.39 is 0 Å². The minimum atomic E-state index is -0.0680. The first kappa shape index (κ1) is 17.1. The third kappa shape index (κ3) is 3.07. The van der Waals surface area contributed by atoms with Crippen molar-refractivity contribution >= 4 is 27.5 Å². The van der Waals surface area contributed by atoms with Crippen LogP contribution < -0.4 is 0 Å². The summed E-state index contributed by atoms with van der Waals surface area (Å²) in [5.41, 5.74) is 5.81. The number of carbonyl (C=O) groups excluding carboxylic acids is 1. The zero-order valence-electron chi connectivity index (χ0n) is 14.9. The average molecular weight is 434 g/mol. The largest absolute Gasteiger partial charge is 0.333 e. The number of nitrogens with zero attached hydrogens (tertiary/aromatic N) is 5. The first-order chi connectivity index (χ1) is 13.7. The molecule has 0 fully saturated rings. The summed E-state index contributed by atoms with van der Waals surface area (Å²) in [6, 6.07) is 12.2. The van der Waals surface area contributed by atoms with E-state index in [1.54, 1.807) is 35.4 Å². The molecule has 0 N–H and O–H groups in total. The lowest BCUT2D eigenvalue weighted by Gasteiger charge is -2.28. The Balaban J connectivity index is 1.43. The molecule has 28 heavy (non-hydrogen) atoms. The Bertz CT molecular complexity index is 1190. The quantitative estimate of drug-likeness (QED) is 0.482. The fraction of sp³-hybridized carbons (Fsp3) is 0.143. The molecule has 0 spiro atoms. The lowest BCUT2D eigenvalue weighted by molar-refractivity contribution is 0.0728. The van der Waals surface area contributed by atoms with Crippen LogP contribution in [0.25, 0.3) is 16.8 Å². The Morgan fingerprint density at radius 2 is 1.89 bits per heavy atom. The van der Waals surface area contributed by atoms with Crippen LogP contribution >= 0.6 is 15.9 Å². The predicted octanol–water partition coefficient (Wildman–Crippen LogP) is 3.75. The van der Waals surface area contributed by atoms with E-state index >= 15 is 0 Å². The topological polar surface area (TPSA) is 63.4 Å². The summed E-state index contributed by atoms with van der Waals surface area (Å²) >= 11 is 3.38. The van der Waals surface area contributed by atoms with Gasteiger partial charge in [0.2, 0.25) is 0 Å². The molecule has 1 aliphatic rings. The summed E-state index contributed by atoms with van der Waals surface area (Å²) in [5, 5.41) is 4.40. The molecular formula is C21H16BrN5O. The molecule has 5 rings (SSSR count). The van der Waals surface area contributed by atoms with E-state index in [4.69, 9.17) is 0 Å². The molecule has 0 radical (unpaired) electrons. The molecule has 0 bridgehead atoms. The van der Waals surface area contributed by atoms with Gasteiger partial charge in [0, 0.05) is 43.9 Å². The maximum absolute atomic E-state index is 13.0. The second kappa shape index (κ2) is 6.83. The van der Waals surface area contributed by atoms with Crippen LogP contribution in [0.5, 0.6) is 0 Å². The number of aromatic nitrogens is 4. The molecule has 4 aromatic rings. The molecule has 1 aromatic carbocycles. The summed E-state index contributed by atoms with van der Waals surface area (Å²) in [4.78, 5) is 23.2. The Morgan fingerprint density at radius 3 is 2.75 bits per heavy atom. The van der Waals surface area contributed by atoms with Crippen LogP contribution in [-0.2, 0) is 13.0 Å². The van der Waals surface area contributed by atoms with Crippen molar-refractivity contribution in [2.45, 2.75) is 13.0 Å².